The molecule has 0 atom stereocenters. The number of fused-ring (bicyclic) bond motifs is 2. The number of nitrogens with two attached hydrogens (primary N) is 1. The number of nitrogen functional groups attached to an aromatic ring is 1. The minimum atomic E-state index is -0.315. The number of carbonyl (C=O) groups excluding carboxylic acids is 1. The third kappa shape index (κ3) is 4.70. The number of nitrogens with one attached hydrogen (secondary N) is 1. The summed E-state index contributed by atoms with van der Waals surface area (Å²) in [5.41, 5.74) is 9.12. The molecule has 8 nitrogen and oxygen atoms in total. The molecule has 0 bridgehead atoms. The van der Waals surface area contributed by atoms with Crippen LogP contribution in [0.4, 0.5) is 16.0 Å². The van der Waals surface area contributed by atoms with Crippen LogP contribution in [0.3, 0.4) is 0 Å². The Morgan fingerprint density at radius 1 is 1.29 bits per heavy atom. The van der Waals surface area contributed by atoms with E-state index in [0.717, 1.165) is 43.5 Å². The first kappa shape index (κ1) is 23.2. The van der Waals surface area contributed by atoms with E-state index in [0.29, 0.717) is 38.6 Å². The van der Waals surface area contributed by atoms with Crippen molar-refractivity contribution >= 4 is 50.0 Å². The van der Waals surface area contributed by atoms with E-state index in [-0.39, 0.29) is 11.7 Å². The molecular formula is C25H25BrFN7O. The zero-order valence-corrected chi connectivity index (χ0v) is 20.8. The number of nitrogens with zero attached hydrogens (tertiary/aromatic N) is 5. The molecule has 4 heterocycles. The first-order chi connectivity index (χ1) is 16.9. The van der Waals surface area contributed by atoms with Gasteiger partial charge in [0.15, 0.2) is 11.5 Å². The molecule has 5 rings (SSSR count). The summed E-state index contributed by atoms with van der Waals surface area (Å²) in [6.07, 6.45) is 10.3. The molecule has 3 aromatic heterocycles. The number of allylic oxidation sites excluding steroid dienone is 1. The Morgan fingerprint density at radius 2 is 2.09 bits per heavy atom. The fourth-order valence-corrected chi connectivity index (χ4v) is 4.80. The highest BCUT2D eigenvalue weighted by molar-refractivity contribution is 9.10. The van der Waals surface area contributed by atoms with Gasteiger partial charge < -0.3 is 16.0 Å². The minimum absolute atomic E-state index is 0.149. The quantitative estimate of drug-likeness (QED) is 0.371. The van der Waals surface area contributed by atoms with Gasteiger partial charge in [0.05, 0.1) is 11.7 Å². The van der Waals surface area contributed by atoms with Gasteiger partial charge in [-0.05, 0) is 71.6 Å². The first-order valence-electron chi connectivity index (χ1n) is 11.5. The number of hydrogen-bond acceptors (Lipinski definition) is 6. The SMILES string of the molecule is CC(=O)N1CCC(CC=CNc2nc3c(-c4cnc5ccc(F)cc5c4)cnn3c(N)c2Br)CC1. The first-order valence-corrected chi connectivity index (χ1v) is 12.3. The van der Waals surface area contributed by atoms with Gasteiger partial charge in [-0.15, -0.1) is 0 Å². The molecule has 1 amide bonds. The lowest BCUT2D eigenvalue weighted by Gasteiger charge is -2.30. The van der Waals surface area contributed by atoms with Crippen LogP contribution in [0.2, 0.25) is 0 Å². The maximum atomic E-state index is 13.7. The standard InChI is InChI=1S/C25H25BrFN7O/c1-15(35)33-9-6-16(7-10-33)3-2-8-29-24-22(26)23(28)34-25(32-24)20(14-31-34)18-11-17-12-19(27)4-5-21(17)30-13-18/h2,4-5,8,11-14,16H,3,6-7,9-10,28H2,1H3,(H,29,32). The average molecular weight is 538 g/mol. The summed E-state index contributed by atoms with van der Waals surface area (Å²) in [5, 5.41) is 8.32. The van der Waals surface area contributed by atoms with Crippen molar-refractivity contribution in [3.8, 4) is 11.1 Å². The zero-order chi connectivity index (χ0) is 24.5. The van der Waals surface area contributed by atoms with E-state index >= 15 is 0 Å². The topological polar surface area (TPSA) is 101 Å². The van der Waals surface area contributed by atoms with Crippen molar-refractivity contribution in [1.82, 2.24) is 24.5 Å². The summed E-state index contributed by atoms with van der Waals surface area (Å²) in [5.74, 6) is 1.37. The molecule has 1 aliphatic heterocycles. The van der Waals surface area contributed by atoms with E-state index < -0.39 is 0 Å². The fourth-order valence-electron chi connectivity index (χ4n) is 4.43. The number of hydrogen-bond donors (Lipinski definition) is 2. The number of pyridine rings is 1. The normalized spacial score (nSPS) is 14.9. The second-order valence-corrected chi connectivity index (χ2v) is 9.54. The smallest absolute Gasteiger partial charge is 0.219 e. The van der Waals surface area contributed by atoms with Crippen LogP contribution >= 0.6 is 15.9 Å². The van der Waals surface area contributed by atoms with Gasteiger partial charge in [-0.25, -0.2) is 9.37 Å². The number of rotatable bonds is 5. The lowest BCUT2D eigenvalue weighted by molar-refractivity contribution is -0.130. The van der Waals surface area contributed by atoms with Gasteiger partial charge in [0.25, 0.3) is 0 Å². The molecule has 4 aromatic rings. The zero-order valence-electron chi connectivity index (χ0n) is 19.2. The summed E-state index contributed by atoms with van der Waals surface area (Å²) in [6, 6.07) is 6.37. The monoisotopic (exact) mass is 537 g/mol. The Bertz CT molecular complexity index is 1440. The van der Waals surface area contributed by atoms with Gasteiger partial charge in [0.1, 0.15) is 16.1 Å². The van der Waals surface area contributed by atoms with Crippen LogP contribution in [0.5, 0.6) is 0 Å². The third-order valence-corrected chi connectivity index (χ3v) is 7.23. The van der Waals surface area contributed by atoms with E-state index in [9.17, 15) is 9.18 Å². The molecule has 180 valence electrons. The van der Waals surface area contributed by atoms with Gasteiger partial charge in [-0.2, -0.15) is 9.61 Å². The largest absolute Gasteiger partial charge is 0.383 e. The van der Waals surface area contributed by atoms with Crippen molar-refractivity contribution in [2.24, 2.45) is 5.92 Å². The van der Waals surface area contributed by atoms with E-state index in [1.165, 1.54) is 12.1 Å². The molecule has 0 radical (unpaired) electrons. The molecule has 0 saturated carbocycles. The highest BCUT2D eigenvalue weighted by atomic mass is 79.9. The van der Waals surface area contributed by atoms with Crippen LogP contribution in [0, 0.1) is 11.7 Å². The summed E-state index contributed by atoms with van der Waals surface area (Å²) in [7, 11) is 0. The molecule has 1 fully saturated rings. The minimum Gasteiger partial charge on any atom is -0.383 e. The molecule has 0 spiro atoms. The molecule has 3 N–H and O–H groups in total. The van der Waals surface area contributed by atoms with E-state index in [1.54, 1.807) is 29.9 Å². The molecule has 0 unspecified atom stereocenters. The van der Waals surface area contributed by atoms with Gasteiger partial charge in [0, 0.05) is 42.7 Å². The number of benzene rings is 1. The third-order valence-electron chi connectivity index (χ3n) is 6.44. The summed E-state index contributed by atoms with van der Waals surface area (Å²) < 4.78 is 15.9. The van der Waals surface area contributed by atoms with Crippen molar-refractivity contribution in [2.75, 3.05) is 24.1 Å². The van der Waals surface area contributed by atoms with Crippen LogP contribution < -0.4 is 11.1 Å². The summed E-state index contributed by atoms with van der Waals surface area (Å²) >= 11 is 3.52. The predicted octanol–water partition coefficient (Wildman–Crippen LogP) is 5.00. The van der Waals surface area contributed by atoms with Crippen LogP contribution in [-0.2, 0) is 4.79 Å². The number of piperidine rings is 1. The highest BCUT2D eigenvalue weighted by Gasteiger charge is 2.20. The Balaban J connectivity index is 1.36. The van der Waals surface area contributed by atoms with Crippen molar-refractivity contribution in [3.05, 3.63) is 59.2 Å². The fraction of sp³-hybridized carbons (Fsp3) is 0.280. The number of amides is 1. The van der Waals surface area contributed by atoms with Gasteiger partial charge in [0.2, 0.25) is 5.91 Å². The Kier molecular flexibility index (Phi) is 6.38. The molecule has 10 heteroatoms. The van der Waals surface area contributed by atoms with Crippen LogP contribution in [-0.4, -0.2) is 43.5 Å². The summed E-state index contributed by atoms with van der Waals surface area (Å²) in [6.45, 7) is 3.27. The van der Waals surface area contributed by atoms with Crippen LogP contribution in [0.25, 0.3) is 27.7 Å². The van der Waals surface area contributed by atoms with Gasteiger partial charge in [-0.3, -0.25) is 9.78 Å². The molecule has 1 aromatic carbocycles. The van der Waals surface area contributed by atoms with Crippen molar-refractivity contribution in [1.29, 1.82) is 0 Å². The summed E-state index contributed by atoms with van der Waals surface area (Å²) in [4.78, 5) is 22.6. The molecule has 1 saturated heterocycles. The Labute approximate surface area is 210 Å². The average Bonchev–Trinajstić information content (AvgIpc) is 3.28. The maximum absolute atomic E-state index is 13.7. The van der Waals surface area contributed by atoms with E-state index in [2.05, 4.69) is 37.4 Å². The van der Waals surface area contributed by atoms with Gasteiger partial charge in [-0.1, -0.05) is 6.08 Å². The number of likely N-dealkylation sites (tertiary alicyclic amines) is 1. The van der Waals surface area contributed by atoms with Crippen molar-refractivity contribution in [2.45, 2.75) is 26.2 Å². The number of halogens is 2. The maximum Gasteiger partial charge on any atom is 0.219 e. The molecule has 35 heavy (non-hydrogen) atoms. The highest BCUT2D eigenvalue weighted by Crippen LogP contribution is 2.33. The predicted molar refractivity (Wildman–Crippen MR) is 138 cm³/mol. The molecule has 1 aliphatic rings. The number of aromatic nitrogens is 4. The second-order valence-electron chi connectivity index (χ2n) is 8.75. The molecular weight excluding hydrogens is 513 g/mol. The second kappa shape index (κ2) is 9.61. The number of carbonyl (C=O) groups is 1. The lowest BCUT2D eigenvalue weighted by Crippen LogP contribution is -2.36. The van der Waals surface area contributed by atoms with Crippen LogP contribution in [0.1, 0.15) is 26.2 Å². The van der Waals surface area contributed by atoms with Crippen molar-refractivity contribution < 1.29 is 9.18 Å². The van der Waals surface area contributed by atoms with Crippen molar-refractivity contribution in [3.63, 3.8) is 0 Å². The molecule has 0 aliphatic carbocycles. The lowest BCUT2D eigenvalue weighted by atomic mass is 9.93. The Morgan fingerprint density at radius 3 is 2.86 bits per heavy atom. The van der Waals surface area contributed by atoms with E-state index in [1.807, 2.05) is 17.2 Å². The Hall–Kier alpha value is -3.53. The van der Waals surface area contributed by atoms with Crippen LogP contribution in [0.15, 0.2) is 53.4 Å². The number of anilines is 2. The van der Waals surface area contributed by atoms with Gasteiger partial charge >= 0.3 is 0 Å². The van der Waals surface area contributed by atoms with E-state index in [4.69, 9.17) is 10.7 Å².